The van der Waals surface area contributed by atoms with Crippen LogP contribution in [0.25, 0.3) is 0 Å². The number of esters is 1. The molecule has 1 heterocycles. The van der Waals surface area contributed by atoms with Gasteiger partial charge in [0, 0.05) is 11.5 Å². The summed E-state index contributed by atoms with van der Waals surface area (Å²) in [6.07, 6.45) is -0.521. The molecule has 0 aromatic heterocycles. The molecule has 0 amide bonds. The van der Waals surface area contributed by atoms with Gasteiger partial charge in [-0.3, -0.25) is 0 Å². The van der Waals surface area contributed by atoms with Crippen molar-refractivity contribution in [3.63, 3.8) is 0 Å². The number of ether oxygens (including phenoxy) is 1. The van der Waals surface area contributed by atoms with Crippen LogP contribution in [-0.4, -0.2) is 34.0 Å². The van der Waals surface area contributed by atoms with Gasteiger partial charge in [-0.15, -0.1) is 0 Å². The van der Waals surface area contributed by atoms with Crippen LogP contribution < -0.4 is 0 Å². The Hall–Kier alpha value is -0.870. The third-order valence-electron chi connectivity index (χ3n) is 3.26. The molecule has 2 fully saturated rings. The van der Waals surface area contributed by atoms with Gasteiger partial charge in [0.1, 0.15) is 12.2 Å². The summed E-state index contributed by atoms with van der Waals surface area (Å²) in [5.41, 5.74) is -0.740. The SMILES string of the molecule is C=C1C(=O)OC2C1CCC(C)(O)C2O. The molecule has 14 heavy (non-hydrogen) atoms. The maximum Gasteiger partial charge on any atom is 0.334 e. The van der Waals surface area contributed by atoms with E-state index in [1.54, 1.807) is 6.92 Å². The van der Waals surface area contributed by atoms with Crippen molar-refractivity contribution in [3.8, 4) is 0 Å². The summed E-state index contributed by atoms with van der Waals surface area (Å²) in [5, 5.41) is 19.6. The van der Waals surface area contributed by atoms with Crippen LogP contribution >= 0.6 is 0 Å². The van der Waals surface area contributed by atoms with Gasteiger partial charge in [0.25, 0.3) is 0 Å². The molecule has 4 atom stereocenters. The van der Waals surface area contributed by atoms with Crippen LogP contribution in [0.3, 0.4) is 0 Å². The van der Waals surface area contributed by atoms with Crippen LogP contribution in [0.4, 0.5) is 0 Å². The molecule has 0 spiro atoms. The summed E-state index contributed by atoms with van der Waals surface area (Å²) < 4.78 is 4.98. The Balaban J connectivity index is 2.26. The maximum atomic E-state index is 11.2. The quantitative estimate of drug-likeness (QED) is 0.424. The Bertz CT molecular complexity index is 294. The number of aliphatic hydroxyl groups is 2. The first-order valence-electron chi connectivity index (χ1n) is 4.74. The van der Waals surface area contributed by atoms with Crippen molar-refractivity contribution in [1.29, 1.82) is 0 Å². The molecule has 2 aliphatic rings. The molecular formula is C10H14O4. The van der Waals surface area contributed by atoms with Crippen LogP contribution in [0, 0.1) is 5.92 Å². The largest absolute Gasteiger partial charge is 0.455 e. The minimum atomic E-state index is -1.16. The van der Waals surface area contributed by atoms with E-state index in [1.165, 1.54) is 0 Å². The Labute approximate surface area is 82.2 Å². The van der Waals surface area contributed by atoms with E-state index in [1.807, 2.05) is 0 Å². The standard InChI is InChI=1S/C10H14O4/c1-5-6-3-4-10(2,13)8(11)7(6)14-9(5)12/h6-8,11,13H,1,3-4H2,2H3. The highest BCUT2D eigenvalue weighted by Crippen LogP contribution is 2.41. The van der Waals surface area contributed by atoms with Crippen molar-refractivity contribution in [1.82, 2.24) is 0 Å². The van der Waals surface area contributed by atoms with E-state index in [9.17, 15) is 15.0 Å². The van der Waals surface area contributed by atoms with Gasteiger partial charge in [0.15, 0.2) is 0 Å². The first kappa shape index (κ1) is 9.68. The minimum absolute atomic E-state index is 0.127. The number of aliphatic hydroxyl groups excluding tert-OH is 1. The zero-order chi connectivity index (χ0) is 10.5. The molecule has 2 rings (SSSR count). The zero-order valence-electron chi connectivity index (χ0n) is 8.06. The number of hydrogen-bond donors (Lipinski definition) is 2. The molecule has 4 unspecified atom stereocenters. The normalized spacial score (nSPS) is 47.5. The lowest BCUT2D eigenvalue weighted by Gasteiger charge is -2.39. The van der Waals surface area contributed by atoms with Crippen molar-refractivity contribution < 1.29 is 19.7 Å². The van der Waals surface area contributed by atoms with Crippen LogP contribution in [0.5, 0.6) is 0 Å². The van der Waals surface area contributed by atoms with E-state index in [2.05, 4.69) is 6.58 Å². The number of carbonyl (C=O) groups is 1. The highest BCUT2D eigenvalue weighted by molar-refractivity contribution is 5.91. The molecule has 0 radical (unpaired) electrons. The molecular weight excluding hydrogens is 184 g/mol. The summed E-state index contributed by atoms with van der Waals surface area (Å²) in [6, 6.07) is 0. The molecule has 1 aliphatic carbocycles. The molecule has 1 saturated heterocycles. The van der Waals surface area contributed by atoms with E-state index in [0.29, 0.717) is 18.4 Å². The summed E-state index contributed by atoms with van der Waals surface area (Å²) in [5.74, 6) is -0.575. The van der Waals surface area contributed by atoms with Crippen molar-refractivity contribution >= 4 is 5.97 Å². The lowest BCUT2D eigenvalue weighted by molar-refractivity contribution is -0.168. The number of rotatable bonds is 0. The Morgan fingerprint density at radius 3 is 2.93 bits per heavy atom. The number of carbonyl (C=O) groups excluding carboxylic acids is 1. The van der Waals surface area contributed by atoms with E-state index < -0.39 is 23.8 Å². The molecule has 1 aliphatic heterocycles. The van der Waals surface area contributed by atoms with Gasteiger partial charge in [-0.1, -0.05) is 6.58 Å². The molecule has 2 N–H and O–H groups in total. The van der Waals surface area contributed by atoms with Crippen LogP contribution in [-0.2, 0) is 9.53 Å². The van der Waals surface area contributed by atoms with Crippen LogP contribution in [0.2, 0.25) is 0 Å². The van der Waals surface area contributed by atoms with Gasteiger partial charge in [-0.25, -0.2) is 4.79 Å². The minimum Gasteiger partial charge on any atom is -0.455 e. The summed E-state index contributed by atoms with van der Waals surface area (Å²) >= 11 is 0. The first-order chi connectivity index (χ1) is 6.43. The number of fused-ring (bicyclic) bond motifs is 1. The molecule has 0 aromatic rings. The van der Waals surface area contributed by atoms with Gasteiger partial charge < -0.3 is 14.9 Å². The lowest BCUT2D eigenvalue weighted by Crippen LogP contribution is -2.52. The van der Waals surface area contributed by atoms with Crippen molar-refractivity contribution in [3.05, 3.63) is 12.2 Å². The second-order valence-electron chi connectivity index (χ2n) is 4.34. The Kier molecular flexibility index (Phi) is 1.94. The second kappa shape index (κ2) is 2.81. The zero-order valence-corrected chi connectivity index (χ0v) is 8.06. The smallest absolute Gasteiger partial charge is 0.334 e. The van der Waals surface area contributed by atoms with Gasteiger partial charge >= 0.3 is 5.97 Å². The van der Waals surface area contributed by atoms with Gasteiger partial charge in [-0.2, -0.15) is 0 Å². The van der Waals surface area contributed by atoms with Crippen LogP contribution in [0.15, 0.2) is 12.2 Å². The maximum absolute atomic E-state index is 11.2. The van der Waals surface area contributed by atoms with Crippen molar-refractivity contribution in [2.45, 2.75) is 37.6 Å². The van der Waals surface area contributed by atoms with E-state index >= 15 is 0 Å². The summed E-state index contributed by atoms with van der Waals surface area (Å²) in [6.45, 7) is 5.19. The average Bonchev–Trinajstić information content (AvgIpc) is 2.38. The predicted molar refractivity (Wildman–Crippen MR) is 48.4 cm³/mol. The molecule has 4 heteroatoms. The summed E-state index contributed by atoms with van der Waals surface area (Å²) in [4.78, 5) is 11.2. The highest BCUT2D eigenvalue weighted by Gasteiger charge is 2.52. The van der Waals surface area contributed by atoms with Crippen LogP contribution in [0.1, 0.15) is 19.8 Å². The molecule has 78 valence electrons. The topological polar surface area (TPSA) is 66.8 Å². The van der Waals surface area contributed by atoms with Crippen molar-refractivity contribution in [2.75, 3.05) is 0 Å². The molecule has 1 saturated carbocycles. The van der Waals surface area contributed by atoms with E-state index in [4.69, 9.17) is 4.74 Å². The second-order valence-corrected chi connectivity index (χ2v) is 4.34. The fourth-order valence-corrected chi connectivity index (χ4v) is 2.20. The highest BCUT2D eigenvalue weighted by atomic mass is 16.6. The van der Waals surface area contributed by atoms with Gasteiger partial charge in [0.2, 0.25) is 0 Å². The van der Waals surface area contributed by atoms with E-state index in [-0.39, 0.29) is 5.92 Å². The van der Waals surface area contributed by atoms with Gasteiger partial charge in [0.05, 0.1) is 5.60 Å². The predicted octanol–water partition coefficient (Wildman–Crippen LogP) is -0.0101. The lowest BCUT2D eigenvalue weighted by atomic mass is 9.74. The Morgan fingerprint density at radius 2 is 2.29 bits per heavy atom. The third kappa shape index (κ3) is 1.18. The Morgan fingerprint density at radius 1 is 1.64 bits per heavy atom. The van der Waals surface area contributed by atoms with Crippen molar-refractivity contribution in [2.24, 2.45) is 5.92 Å². The molecule has 0 aromatic carbocycles. The first-order valence-corrected chi connectivity index (χ1v) is 4.74. The molecule has 0 bridgehead atoms. The third-order valence-corrected chi connectivity index (χ3v) is 3.26. The fraction of sp³-hybridized carbons (Fsp3) is 0.700. The fourth-order valence-electron chi connectivity index (χ4n) is 2.20. The number of hydrogen-bond acceptors (Lipinski definition) is 4. The average molecular weight is 198 g/mol. The summed E-state index contributed by atoms with van der Waals surface area (Å²) in [7, 11) is 0. The van der Waals surface area contributed by atoms with Gasteiger partial charge in [-0.05, 0) is 19.8 Å². The monoisotopic (exact) mass is 198 g/mol. The molecule has 4 nitrogen and oxygen atoms in total. The van der Waals surface area contributed by atoms with E-state index in [0.717, 1.165) is 0 Å².